The third-order valence-electron chi connectivity index (χ3n) is 3.05. The predicted octanol–water partition coefficient (Wildman–Crippen LogP) is 2.75. The fraction of sp³-hybridized carbons (Fsp3) is 0.133. The van der Waals surface area contributed by atoms with Crippen molar-refractivity contribution in [1.82, 2.24) is 15.0 Å². The number of rotatable bonds is 4. The van der Waals surface area contributed by atoms with Gasteiger partial charge in [-0.05, 0) is 29.7 Å². The van der Waals surface area contributed by atoms with E-state index in [1.165, 1.54) is 7.11 Å². The number of aromatic nitrogens is 3. The summed E-state index contributed by atoms with van der Waals surface area (Å²) in [5, 5.41) is 10.2. The summed E-state index contributed by atoms with van der Waals surface area (Å²) in [4.78, 5) is 13.0. The van der Waals surface area contributed by atoms with E-state index in [-0.39, 0.29) is 5.97 Å². The zero-order valence-electron chi connectivity index (χ0n) is 11.4. The van der Waals surface area contributed by atoms with Gasteiger partial charge in [0, 0.05) is 4.88 Å². The number of ether oxygens (including phenoxy) is 1. The van der Waals surface area contributed by atoms with Crippen LogP contribution in [0.1, 0.15) is 4.88 Å². The Kier molecular flexibility index (Phi) is 3.79. The van der Waals surface area contributed by atoms with Gasteiger partial charge in [0.1, 0.15) is 5.52 Å². The van der Waals surface area contributed by atoms with Crippen LogP contribution in [0.4, 0.5) is 0 Å². The van der Waals surface area contributed by atoms with Crippen LogP contribution in [-0.2, 0) is 16.1 Å². The van der Waals surface area contributed by atoms with E-state index in [0.29, 0.717) is 12.1 Å². The van der Waals surface area contributed by atoms with Crippen molar-refractivity contribution in [3.63, 3.8) is 0 Å². The Morgan fingerprint density at radius 2 is 2.19 bits per heavy atom. The third kappa shape index (κ3) is 2.85. The van der Waals surface area contributed by atoms with Gasteiger partial charge in [-0.15, -0.1) is 16.4 Å². The van der Waals surface area contributed by atoms with Gasteiger partial charge in [-0.3, -0.25) is 0 Å². The minimum absolute atomic E-state index is 0.324. The standard InChI is InChI=1S/C15H13N3O2S/c1-20-15(19)11(9-12-5-4-8-21-12)10-18-14-7-3-2-6-13(14)16-17-18/h2-9H,10H2,1H3. The number of nitrogens with zero attached hydrogens (tertiary/aromatic N) is 3. The third-order valence-corrected chi connectivity index (χ3v) is 3.87. The lowest BCUT2D eigenvalue weighted by Gasteiger charge is -2.06. The summed E-state index contributed by atoms with van der Waals surface area (Å²) in [6.45, 7) is 0.324. The highest BCUT2D eigenvalue weighted by molar-refractivity contribution is 7.10. The van der Waals surface area contributed by atoms with Gasteiger partial charge >= 0.3 is 5.97 Å². The average Bonchev–Trinajstić information content (AvgIpc) is 3.16. The molecule has 5 nitrogen and oxygen atoms in total. The Balaban J connectivity index is 1.97. The topological polar surface area (TPSA) is 57.0 Å². The van der Waals surface area contributed by atoms with Gasteiger partial charge in [-0.1, -0.05) is 23.4 Å². The molecule has 0 unspecified atom stereocenters. The van der Waals surface area contributed by atoms with Gasteiger partial charge in [-0.2, -0.15) is 0 Å². The van der Waals surface area contributed by atoms with Crippen molar-refractivity contribution < 1.29 is 9.53 Å². The van der Waals surface area contributed by atoms with Crippen LogP contribution in [0, 0.1) is 0 Å². The number of para-hydroxylation sites is 1. The van der Waals surface area contributed by atoms with Crippen LogP contribution in [0.3, 0.4) is 0 Å². The van der Waals surface area contributed by atoms with Gasteiger partial charge in [-0.25, -0.2) is 9.48 Å². The van der Waals surface area contributed by atoms with E-state index in [1.807, 2.05) is 47.9 Å². The largest absolute Gasteiger partial charge is 0.466 e. The van der Waals surface area contributed by atoms with E-state index in [9.17, 15) is 4.79 Å². The number of esters is 1. The normalized spacial score (nSPS) is 11.8. The second-order valence-electron chi connectivity index (χ2n) is 4.41. The van der Waals surface area contributed by atoms with Crippen molar-refractivity contribution in [3.8, 4) is 0 Å². The van der Waals surface area contributed by atoms with Crippen molar-refractivity contribution >= 4 is 34.4 Å². The maximum Gasteiger partial charge on any atom is 0.335 e. The van der Waals surface area contributed by atoms with Gasteiger partial charge in [0.2, 0.25) is 0 Å². The minimum Gasteiger partial charge on any atom is -0.466 e. The lowest BCUT2D eigenvalue weighted by molar-refractivity contribution is -0.136. The highest BCUT2D eigenvalue weighted by atomic mass is 32.1. The molecule has 6 heteroatoms. The molecule has 21 heavy (non-hydrogen) atoms. The van der Waals surface area contributed by atoms with Gasteiger partial charge < -0.3 is 4.74 Å². The zero-order chi connectivity index (χ0) is 14.7. The molecule has 0 spiro atoms. The molecule has 0 atom stereocenters. The van der Waals surface area contributed by atoms with E-state index < -0.39 is 0 Å². The molecule has 0 amide bonds. The van der Waals surface area contributed by atoms with Crippen LogP contribution < -0.4 is 0 Å². The molecule has 0 aliphatic heterocycles. The predicted molar refractivity (Wildman–Crippen MR) is 81.8 cm³/mol. The number of carbonyl (C=O) groups excluding carboxylic acids is 1. The Labute approximate surface area is 125 Å². The molecule has 3 rings (SSSR count). The molecular formula is C15H13N3O2S. The van der Waals surface area contributed by atoms with Crippen molar-refractivity contribution in [2.75, 3.05) is 7.11 Å². The Morgan fingerprint density at radius 3 is 2.95 bits per heavy atom. The first-order valence-corrected chi connectivity index (χ1v) is 7.26. The number of hydrogen-bond donors (Lipinski definition) is 0. The van der Waals surface area contributed by atoms with E-state index in [2.05, 4.69) is 10.3 Å². The lowest BCUT2D eigenvalue weighted by Crippen LogP contribution is -2.12. The molecule has 0 bridgehead atoms. The Bertz CT molecular complexity index is 790. The molecule has 2 heterocycles. The molecule has 0 fully saturated rings. The molecule has 0 saturated heterocycles. The maximum absolute atomic E-state index is 12.0. The van der Waals surface area contributed by atoms with Crippen molar-refractivity contribution in [2.45, 2.75) is 6.54 Å². The first-order valence-electron chi connectivity index (χ1n) is 6.38. The van der Waals surface area contributed by atoms with Crippen molar-refractivity contribution in [3.05, 3.63) is 52.2 Å². The molecule has 3 aromatic rings. The van der Waals surface area contributed by atoms with Crippen LogP contribution >= 0.6 is 11.3 Å². The fourth-order valence-electron chi connectivity index (χ4n) is 2.04. The molecule has 1 aromatic carbocycles. The smallest absolute Gasteiger partial charge is 0.335 e. The van der Waals surface area contributed by atoms with Crippen LogP contribution in [0.5, 0.6) is 0 Å². The van der Waals surface area contributed by atoms with Crippen LogP contribution in [0.15, 0.2) is 47.4 Å². The first kappa shape index (κ1) is 13.5. The van der Waals surface area contributed by atoms with Crippen LogP contribution in [0.2, 0.25) is 0 Å². The van der Waals surface area contributed by atoms with E-state index in [1.54, 1.807) is 16.0 Å². The summed E-state index contributed by atoms with van der Waals surface area (Å²) in [6, 6.07) is 11.5. The summed E-state index contributed by atoms with van der Waals surface area (Å²) >= 11 is 1.57. The van der Waals surface area contributed by atoms with E-state index in [4.69, 9.17) is 4.74 Å². The Hall–Kier alpha value is -2.47. The van der Waals surface area contributed by atoms with E-state index >= 15 is 0 Å². The Morgan fingerprint density at radius 1 is 1.33 bits per heavy atom. The zero-order valence-corrected chi connectivity index (χ0v) is 12.2. The summed E-state index contributed by atoms with van der Waals surface area (Å²) in [5.74, 6) is -0.358. The summed E-state index contributed by atoms with van der Waals surface area (Å²) in [7, 11) is 1.38. The minimum atomic E-state index is -0.358. The second kappa shape index (κ2) is 5.88. The number of benzene rings is 1. The SMILES string of the molecule is COC(=O)C(=Cc1cccs1)Cn1nnc2ccccc21. The summed E-state index contributed by atoms with van der Waals surface area (Å²) in [6.07, 6.45) is 1.83. The molecule has 0 radical (unpaired) electrons. The van der Waals surface area contributed by atoms with Crippen LogP contribution in [-0.4, -0.2) is 28.1 Å². The number of methoxy groups -OCH3 is 1. The van der Waals surface area contributed by atoms with Crippen molar-refractivity contribution in [1.29, 1.82) is 0 Å². The number of carbonyl (C=O) groups is 1. The van der Waals surface area contributed by atoms with Crippen molar-refractivity contribution in [2.24, 2.45) is 0 Å². The molecule has 0 aliphatic rings. The second-order valence-corrected chi connectivity index (χ2v) is 5.39. The summed E-state index contributed by atoms with van der Waals surface area (Å²) in [5.41, 5.74) is 2.23. The molecule has 0 aliphatic carbocycles. The number of fused-ring (bicyclic) bond motifs is 1. The highest BCUT2D eigenvalue weighted by Crippen LogP contribution is 2.17. The van der Waals surface area contributed by atoms with Gasteiger partial charge in [0.25, 0.3) is 0 Å². The quantitative estimate of drug-likeness (QED) is 0.549. The fourth-order valence-corrected chi connectivity index (χ4v) is 2.72. The molecule has 0 saturated carbocycles. The number of hydrogen-bond acceptors (Lipinski definition) is 5. The molecular weight excluding hydrogens is 286 g/mol. The number of thiophene rings is 1. The molecule has 2 aromatic heterocycles. The van der Waals surface area contributed by atoms with E-state index in [0.717, 1.165) is 15.9 Å². The van der Waals surface area contributed by atoms with Gasteiger partial charge in [0.15, 0.2) is 0 Å². The van der Waals surface area contributed by atoms with Crippen LogP contribution in [0.25, 0.3) is 17.1 Å². The highest BCUT2D eigenvalue weighted by Gasteiger charge is 2.13. The average molecular weight is 299 g/mol. The lowest BCUT2D eigenvalue weighted by atomic mass is 10.2. The summed E-state index contributed by atoms with van der Waals surface area (Å²) < 4.78 is 6.56. The molecule has 106 valence electrons. The maximum atomic E-state index is 12.0. The van der Waals surface area contributed by atoms with Gasteiger partial charge in [0.05, 0.1) is 24.7 Å². The first-order chi connectivity index (χ1) is 10.3. The monoisotopic (exact) mass is 299 g/mol. The molecule has 0 N–H and O–H groups in total.